The maximum atomic E-state index is 12.8. The van der Waals surface area contributed by atoms with E-state index >= 15 is 0 Å². The van der Waals surface area contributed by atoms with Gasteiger partial charge in [-0.1, -0.05) is 24.3 Å². The van der Waals surface area contributed by atoms with Crippen LogP contribution in [0.3, 0.4) is 0 Å². The lowest BCUT2D eigenvalue weighted by Gasteiger charge is -2.27. The van der Waals surface area contributed by atoms with Crippen LogP contribution in [0, 0.1) is 6.92 Å². The van der Waals surface area contributed by atoms with Crippen molar-refractivity contribution in [1.29, 1.82) is 0 Å². The first-order valence-corrected chi connectivity index (χ1v) is 13.6. The van der Waals surface area contributed by atoms with Crippen molar-refractivity contribution < 1.29 is 22.7 Å². The zero-order chi connectivity index (χ0) is 26.7. The molecule has 0 N–H and O–H groups in total. The highest BCUT2D eigenvalue weighted by molar-refractivity contribution is 7.94. The van der Waals surface area contributed by atoms with Gasteiger partial charge in [-0.25, -0.2) is 4.79 Å². The zero-order valence-electron chi connectivity index (χ0n) is 22.1. The number of carbonyl (C=O) groups is 2. The number of hydrogen-bond acceptors (Lipinski definition) is 5. The fourth-order valence-electron chi connectivity index (χ4n) is 4.15. The molecule has 0 spiro atoms. The van der Waals surface area contributed by atoms with Gasteiger partial charge in [-0.2, -0.15) is 8.42 Å². The number of carbonyl (C=O) groups excluding carboxylic acids is 2. The molecule has 8 nitrogen and oxygen atoms in total. The quantitative estimate of drug-likeness (QED) is 0.348. The molecule has 0 unspecified atom stereocenters. The summed E-state index contributed by atoms with van der Waals surface area (Å²) in [7, 11) is -0.604. The predicted octanol–water partition coefficient (Wildman–Crippen LogP) is 4.96. The molecule has 1 heterocycles. The highest BCUT2D eigenvalue weighted by atomic mass is 32.2. The molecule has 1 aliphatic rings. The summed E-state index contributed by atoms with van der Waals surface area (Å²) in [6.45, 7) is 8.63. The monoisotopic (exact) mass is 515 g/mol. The number of anilines is 2. The van der Waals surface area contributed by atoms with Crippen LogP contribution < -0.4 is 8.61 Å². The van der Waals surface area contributed by atoms with Gasteiger partial charge in [0, 0.05) is 39.2 Å². The molecule has 196 valence electrons. The van der Waals surface area contributed by atoms with E-state index in [4.69, 9.17) is 4.74 Å². The number of aryl methyl sites for hydroxylation is 1. The number of fused-ring (bicyclic) bond motifs is 1. The predicted molar refractivity (Wildman–Crippen MR) is 143 cm³/mol. The number of amides is 1. The lowest BCUT2D eigenvalue weighted by atomic mass is 10.0. The topological polar surface area (TPSA) is 87.2 Å². The first-order valence-electron chi connectivity index (χ1n) is 12.2. The molecular formula is C27H37N3O5S. The third-order valence-electron chi connectivity index (χ3n) is 6.31. The first-order chi connectivity index (χ1) is 16.8. The molecule has 0 fully saturated rings. The summed E-state index contributed by atoms with van der Waals surface area (Å²) in [6, 6.07) is 13.1. The van der Waals surface area contributed by atoms with Crippen LogP contribution in [-0.2, 0) is 21.4 Å². The van der Waals surface area contributed by atoms with Crippen LogP contribution >= 0.6 is 0 Å². The second-order valence-electron chi connectivity index (χ2n) is 10.2. The Morgan fingerprint density at radius 2 is 1.61 bits per heavy atom. The van der Waals surface area contributed by atoms with E-state index in [1.165, 1.54) is 33.8 Å². The Morgan fingerprint density at radius 1 is 0.944 bits per heavy atom. The van der Waals surface area contributed by atoms with Crippen LogP contribution in [0.5, 0.6) is 0 Å². The van der Waals surface area contributed by atoms with E-state index in [0.717, 1.165) is 6.42 Å². The van der Waals surface area contributed by atoms with E-state index in [1.807, 2.05) is 32.9 Å². The molecule has 0 aliphatic carbocycles. The highest BCUT2D eigenvalue weighted by Crippen LogP contribution is 2.39. The second-order valence-corrected chi connectivity index (χ2v) is 12.2. The molecule has 9 heteroatoms. The van der Waals surface area contributed by atoms with Crippen molar-refractivity contribution in [3.63, 3.8) is 0 Å². The number of benzene rings is 2. The molecule has 0 bridgehead atoms. The Bertz CT molecular complexity index is 1220. The molecule has 0 aromatic heterocycles. The maximum absolute atomic E-state index is 12.8. The summed E-state index contributed by atoms with van der Waals surface area (Å²) in [5.41, 5.74) is 3.32. The van der Waals surface area contributed by atoms with Gasteiger partial charge in [0.05, 0.1) is 11.4 Å². The van der Waals surface area contributed by atoms with Crippen LogP contribution in [-0.4, -0.2) is 58.0 Å². The molecule has 0 radical (unpaired) electrons. The normalized spacial score (nSPS) is 14.5. The number of nitrogens with zero attached hydrogens (tertiary/aromatic N) is 3. The molecule has 2 aromatic carbocycles. The van der Waals surface area contributed by atoms with Gasteiger partial charge in [-0.3, -0.25) is 13.4 Å². The van der Waals surface area contributed by atoms with E-state index in [9.17, 15) is 18.0 Å². The summed E-state index contributed by atoms with van der Waals surface area (Å²) in [6.07, 6.45) is 1.94. The van der Waals surface area contributed by atoms with Crippen LogP contribution in [0.1, 0.15) is 61.5 Å². The van der Waals surface area contributed by atoms with Gasteiger partial charge in [0.25, 0.3) is 0 Å². The molecular weight excluding hydrogens is 478 g/mol. The summed E-state index contributed by atoms with van der Waals surface area (Å²) in [5, 5.41) is 0. The Hall–Kier alpha value is -3.07. The highest BCUT2D eigenvalue weighted by Gasteiger charge is 2.35. The average molecular weight is 516 g/mol. The molecule has 36 heavy (non-hydrogen) atoms. The van der Waals surface area contributed by atoms with Gasteiger partial charge >= 0.3 is 16.3 Å². The van der Waals surface area contributed by atoms with Gasteiger partial charge in [0.15, 0.2) is 5.78 Å². The maximum Gasteiger partial charge on any atom is 0.410 e. The lowest BCUT2D eigenvalue weighted by molar-refractivity contribution is 0.0249. The van der Waals surface area contributed by atoms with Gasteiger partial charge in [-0.05, 0) is 76.3 Å². The third-order valence-corrected chi connectivity index (χ3v) is 8.09. The molecule has 1 amide bonds. The van der Waals surface area contributed by atoms with Gasteiger partial charge in [0.1, 0.15) is 5.60 Å². The molecule has 3 rings (SSSR count). The van der Waals surface area contributed by atoms with E-state index < -0.39 is 15.8 Å². The second kappa shape index (κ2) is 10.9. The Balaban J connectivity index is 1.58. The minimum atomic E-state index is -3.58. The number of hydrogen-bond donors (Lipinski definition) is 0. The van der Waals surface area contributed by atoms with Crippen LogP contribution in [0.4, 0.5) is 16.2 Å². The third kappa shape index (κ3) is 6.37. The molecule has 0 saturated heterocycles. The van der Waals surface area contributed by atoms with Crippen molar-refractivity contribution in [2.45, 2.75) is 59.0 Å². The van der Waals surface area contributed by atoms with Gasteiger partial charge in [-0.15, -0.1) is 0 Å². The molecule has 1 aliphatic heterocycles. The Labute approximate surface area is 215 Å². The van der Waals surface area contributed by atoms with Crippen molar-refractivity contribution in [3.8, 4) is 0 Å². The smallest absolute Gasteiger partial charge is 0.410 e. The van der Waals surface area contributed by atoms with Crippen molar-refractivity contribution in [2.75, 3.05) is 35.8 Å². The average Bonchev–Trinajstić information content (AvgIpc) is 2.97. The minimum absolute atomic E-state index is 0.0538. The zero-order valence-corrected chi connectivity index (χ0v) is 22.9. The van der Waals surface area contributed by atoms with Crippen LogP contribution in [0.2, 0.25) is 0 Å². The lowest BCUT2D eigenvalue weighted by Crippen LogP contribution is -2.38. The van der Waals surface area contributed by atoms with Crippen molar-refractivity contribution in [2.24, 2.45) is 0 Å². The van der Waals surface area contributed by atoms with Crippen LogP contribution in [0.25, 0.3) is 0 Å². The van der Waals surface area contributed by atoms with Gasteiger partial charge in [0.2, 0.25) is 0 Å². The molecule has 0 atom stereocenters. The SMILES string of the molecule is Cc1ccccc1CCN(CCCCC(=O)c1ccc2c(c1)N(C)S(=O)(=O)N2C)C(=O)OC(C)(C)C. The molecule has 2 aromatic rings. The van der Waals surface area contributed by atoms with E-state index in [2.05, 4.69) is 19.1 Å². The first kappa shape index (κ1) is 27.5. The van der Waals surface area contributed by atoms with Gasteiger partial charge < -0.3 is 9.64 Å². The van der Waals surface area contributed by atoms with E-state index in [1.54, 1.807) is 23.1 Å². The number of ether oxygens (including phenoxy) is 1. The van der Waals surface area contributed by atoms with Crippen molar-refractivity contribution in [3.05, 3.63) is 59.2 Å². The fourth-order valence-corrected chi connectivity index (χ4v) is 5.31. The summed E-state index contributed by atoms with van der Waals surface area (Å²) < 4.78 is 32.7. The Morgan fingerprint density at radius 3 is 2.28 bits per heavy atom. The number of Topliss-reactive ketones (excluding diaryl/α,β-unsaturated/α-hetero) is 1. The number of ketones is 1. The number of unbranched alkanes of at least 4 members (excludes halogenated alkanes) is 1. The van der Waals surface area contributed by atoms with Crippen molar-refractivity contribution in [1.82, 2.24) is 4.90 Å². The summed E-state index contributed by atoms with van der Waals surface area (Å²) in [4.78, 5) is 27.3. The summed E-state index contributed by atoms with van der Waals surface area (Å²) >= 11 is 0. The van der Waals surface area contributed by atoms with Crippen LogP contribution in [0.15, 0.2) is 42.5 Å². The summed E-state index contributed by atoms with van der Waals surface area (Å²) in [5.74, 6) is -0.0538. The van der Waals surface area contributed by atoms with E-state index in [0.29, 0.717) is 49.3 Å². The minimum Gasteiger partial charge on any atom is -0.444 e. The largest absolute Gasteiger partial charge is 0.444 e. The molecule has 0 saturated carbocycles. The fraction of sp³-hybridized carbons (Fsp3) is 0.481. The van der Waals surface area contributed by atoms with E-state index in [-0.39, 0.29) is 11.9 Å². The standard InChI is InChI=1S/C27H37N3O5S/c1-20-11-7-8-12-21(20)16-18-30(26(32)35-27(2,3)4)17-10-9-13-25(31)22-14-15-23-24(19-22)29(6)36(33,34)28(23)5/h7-8,11-12,14-15,19H,9-10,13,16-18H2,1-6H3. The number of rotatable bonds is 9. The Kier molecular flexibility index (Phi) is 8.33. The van der Waals surface area contributed by atoms with Crippen molar-refractivity contribution >= 4 is 33.5 Å².